The second-order valence-electron chi connectivity index (χ2n) is 9.92. The zero-order chi connectivity index (χ0) is 27.2. The van der Waals surface area contributed by atoms with Gasteiger partial charge >= 0.3 is 0 Å². The first kappa shape index (κ1) is 27.1. The molecule has 7 nitrogen and oxygen atoms in total. The van der Waals surface area contributed by atoms with Crippen LogP contribution in [0.3, 0.4) is 0 Å². The van der Waals surface area contributed by atoms with E-state index in [4.69, 9.17) is 9.47 Å². The van der Waals surface area contributed by atoms with Crippen molar-refractivity contribution in [1.29, 1.82) is 0 Å². The first-order chi connectivity index (χ1) is 19.0. The van der Waals surface area contributed by atoms with Gasteiger partial charge in [-0.15, -0.1) is 11.3 Å². The topological polar surface area (TPSA) is 62.3 Å². The highest BCUT2D eigenvalue weighted by Crippen LogP contribution is 2.34. The third kappa shape index (κ3) is 6.59. The molecule has 39 heavy (non-hydrogen) atoms. The van der Waals surface area contributed by atoms with Gasteiger partial charge in [-0.2, -0.15) is 0 Å². The second kappa shape index (κ2) is 12.6. The quantitative estimate of drug-likeness (QED) is 0.368. The zero-order valence-corrected chi connectivity index (χ0v) is 23.0. The van der Waals surface area contributed by atoms with E-state index in [1.54, 1.807) is 59.7 Å². The van der Waals surface area contributed by atoms with Crippen molar-refractivity contribution in [2.75, 3.05) is 53.0 Å². The number of hydrogen-bond acceptors (Lipinski definition) is 6. The first-order valence-corrected chi connectivity index (χ1v) is 14.3. The molecular weight excluding hydrogens is 517 g/mol. The van der Waals surface area contributed by atoms with Crippen molar-refractivity contribution in [2.24, 2.45) is 0 Å². The average molecular weight is 552 g/mol. The molecule has 1 saturated heterocycles. The largest absolute Gasteiger partial charge is 0.497 e. The van der Waals surface area contributed by atoms with Gasteiger partial charge in [0.25, 0.3) is 5.91 Å². The van der Waals surface area contributed by atoms with Gasteiger partial charge in [0.05, 0.1) is 13.2 Å². The molecule has 1 aromatic heterocycles. The molecular formula is C30H34FN3O4S. The normalized spacial score (nSPS) is 17.1. The summed E-state index contributed by atoms with van der Waals surface area (Å²) in [5.74, 6) is 0.523. The standard InChI is InChI=1S/C30H34FN3O4S/c1-37-25-6-4-5-22(19-25)30(36)33(17-16-32-13-2-3-14-32)20-29(35)34-15-11-28-26(12-18-39-28)27(34)21-38-24-9-7-23(31)8-10-24/h4-10,12,18-19,27H,2-3,11,13-17,20-21H2,1H3/t27-/m1/s1. The smallest absolute Gasteiger partial charge is 0.254 e. The Morgan fingerprint density at radius 3 is 2.62 bits per heavy atom. The molecule has 0 radical (unpaired) electrons. The Morgan fingerprint density at radius 1 is 1.05 bits per heavy atom. The number of ether oxygens (including phenoxy) is 2. The van der Waals surface area contributed by atoms with Gasteiger partial charge in [0, 0.05) is 30.1 Å². The predicted octanol–water partition coefficient (Wildman–Crippen LogP) is 4.64. The fourth-order valence-electron chi connectivity index (χ4n) is 5.29. The van der Waals surface area contributed by atoms with E-state index in [9.17, 15) is 14.0 Å². The van der Waals surface area contributed by atoms with Crippen LogP contribution in [-0.2, 0) is 11.2 Å². The number of carbonyl (C=O) groups excluding carboxylic acids is 2. The lowest BCUT2D eigenvalue weighted by molar-refractivity contribution is -0.135. The number of methoxy groups -OCH3 is 1. The summed E-state index contributed by atoms with van der Waals surface area (Å²) < 4.78 is 24.7. The highest BCUT2D eigenvalue weighted by Gasteiger charge is 2.34. The van der Waals surface area contributed by atoms with Gasteiger partial charge in [-0.1, -0.05) is 6.07 Å². The van der Waals surface area contributed by atoms with E-state index in [-0.39, 0.29) is 36.8 Å². The van der Waals surface area contributed by atoms with E-state index < -0.39 is 0 Å². The van der Waals surface area contributed by atoms with Gasteiger partial charge < -0.3 is 24.2 Å². The fourth-order valence-corrected chi connectivity index (χ4v) is 6.22. The van der Waals surface area contributed by atoms with Crippen molar-refractivity contribution in [2.45, 2.75) is 25.3 Å². The molecule has 1 atom stereocenters. The number of rotatable bonds is 10. The Bertz CT molecular complexity index is 1280. The molecule has 2 aliphatic rings. The third-order valence-corrected chi connectivity index (χ3v) is 8.45. The Labute approximate surface area is 232 Å². The molecule has 0 aliphatic carbocycles. The molecule has 2 aromatic carbocycles. The SMILES string of the molecule is COc1cccc(C(=O)N(CCN2CCCC2)CC(=O)N2CCc3sccc3[C@H]2COc2ccc(F)cc2)c1. The molecule has 0 bridgehead atoms. The molecule has 0 N–H and O–H groups in total. The molecule has 3 heterocycles. The molecule has 9 heteroatoms. The molecule has 0 spiro atoms. The Kier molecular flexibility index (Phi) is 8.78. The number of fused-ring (bicyclic) bond motifs is 1. The molecule has 2 amide bonds. The van der Waals surface area contributed by atoms with Crippen molar-refractivity contribution < 1.29 is 23.5 Å². The lowest BCUT2D eigenvalue weighted by atomic mass is 10.0. The molecule has 1 fully saturated rings. The Morgan fingerprint density at radius 2 is 1.85 bits per heavy atom. The first-order valence-electron chi connectivity index (χ1n) is 13.4. The number of amides is 2. The van der Waals surface area contributed by atoms with Gasteiger partial charge in [-0.25, -0.2) is 4.39 Å². The van der Waals surface area contributed by atoms with Crippen LogP contribution in [0, 0.1) is 5.82 Å². The summed E-state index contributed by atoms with van der Waals surface area (Å²) in [6.45, 7) is 4.02. The average Bonchev–Trinajstić information content (AvgIpc) is 3.67. The summed E-state index contributed by atoms with van der Waals surface area (Å²) in [4.78, 5) is 34.6. The van der Waals surface area contributed by atoms with Gasteiger partial charge in [0.1, 0.15) is 30.5 Å². The summed E-state index contributed by atoms with van der Waals surface area (Å²) in [6.07, 6.45) is 3.09. The number of nitrogens with zero attached hydrogens (tertiary/aromatic N) is 3. The van der Waals surface area contributed by atoms with Crippen LogP contribution in [-0.4, -0.2) is 79.5 Å². The zero-order valence-electron chi connectivity index (χ0n) is 22.2. The van der Waals surface area contributed by atoms with Gasteiger partial charge in [-0.05, 0) is 91.8 Å². The molecule has 2 aliphatic heterocycles. The number of carbonyl (C=O) groups is 2. The minimum Gasteiger partial charge on any atom is -0.497 e. The molecule has 5 rings (SSSR count). The van der Waals surface area contributed by atoms with E-state index in [0.29, 0.717) is 30.2 Å². The molecule has 3 aromatic rings. The van der Waals surface area contributed by atoms with Crippen LogP contribution in [0.2, 0.25) is 0 Å². The highest BCUT2D eigenvalue weighted by molar-refractivity contribution is 7.10. The maximum Gasteiger partial charge on any atom is 0.254 e. The highest BCUT2D eigenvalue weighted by atomic mass is 32.1. The summed E-state index contributed by atoms with van der Waals surface area (Å²) in [5.41, 5.74) is 1.57. The van der Waals surface area contributed by atoms with E-state index in [1.165, 1.54) is 17.0 Å². The van der Waals surface area contributed by atoms with E-state index >= 15 is 0 Å². The lowest BCUT2D eigenvalue weighted by Crippen LogP contribution is -2.49. The number of hydrogen-bond donors (Lipinski definition) is 0. The summed E-state index contributed by atoms with van der Waals surface area (Å²) in [7, 11) is 1.57. The number of benzene rings is 2. The minimum absolute atomic E-state index is 0.0175. The number of likely N-dealkylation sites (tertiary alicyclic amines) is 1. The van der Waals surface area contributed by atoms with Crippen molar-refractivity contribution in [3.05, 3.63) is 81.8 Å². The summed E-state index contributed by atoms with van der Waals surface area (Å²) in [5, 5.41) is 2.04. The second-order valence-corrected chi connectivity index (χ2v) is 10.9. The molecule has 0 saturated carbocycles. The maximum atomic E-state index is 13.9. The number of halogens is 1. The lowest BCUT2D eigenvalue weighted by Gasteiger charge is -2.37. The van der Waals surface area contributed by atoms with Crippen molar-refractivity contribution >= 4 is 23.2 Å². The number of thiophene rings is 1. The van der Waals surface area contributed by atoms with Crippen LogP contribution in [0.25, 0.3) is 0 Å². The predicted molar refractivity (Wildman–Crippen MR) is 149 cm³/mol. The maximum absolute atomic E-state index is 13.9. The molecule has 0 unspecified atom stereocenters. The van der Waals surface area contributed by atoms with Crippen LogP contribution < -0.4 is 9.47 Å². The van der Waals surface area contributed by atoms with Crippen LogP contribution in [0.15, 0.2) is 60.0 Å². The monoisotopic (exact) mass is 551 g/mol. The van der Waals surface area contributed by atoms with Crippen LogP contribution in [0.5, 0.6) is 11.5 Å². The van der Waals surface area contributed by atoms with Crippen molar-refractivity contribution in [1.82, 2.24) is 14.7 Å². The van der Waals surface area contributed by atoms with Gasteiger partial charge in [0.15, 0.2) is 0 Å². The van der Waals surface area contributed by atoms with Crippen LogP contribution in [0.1, 0.15) is 39.7 Å². The Hall–Kier alpha value is -3.43. The van der Waals surface area contributed by atoms with E-state index in [0.717, 1.165) is 44.5 Å². The minimum atomic E-state index is -0.327. The fraction of sp³-hybridized carbons (Fsp3) is 0.400. The van der Waals surface area contributed by atoms with Gasteiger partial charge in [-0.3, -0.25) is 9.59 Å². The van der Waals surface area contributed by atoms with Crippen molar-refractivity contribution in [3.8, 4) is 11.5 Å². The summed E-state index contributed by atoms with van der Waals surface area (Å²) >= 11 is 1.68. The summed E-state index contributed by atoms with van der Waals surface area (Å²) in [6, 6.07) is 14.7. The Balaban J connectivity index is 1.34. The van der Waals surface area contributed by atoms with Crippen LogP contribution in [0.4, 0.5) is 4.39 Å². The third-order valence-electron chi connectivity index (χ3n) is 7.45. The molecule has 206 valence electrons. The van der Waals surface area contributed by atoms with E-state index in [1.807, 2.05) is 16.3 Å². The van der Waals surface area contributed by atoms with Gasteiger partial charge in [0.2, 0.25) is 5.91 Å². The van der Waals surface area contributed by atoms with Crippen LogP contribution >= 0.6 is 11.3 Å². The van der Waals surface area contributed by atoms with Crippen molar-refractivity contribution in [3.63, 3.8) is 0 Å². The van der Waals surface area contributed by atoms with E-state index in [2.05, 4.69) is 4.90 Å².